The molecular formula is C23H17Cl4N5O2. The van der Waals surface area contributed by atoms with Crippen molar-refractivity contribution in [1.82, 2.24) is 15.8 Å². The lowest BCUT2D eigenvalue weighted by atomic mass is 10.1. The van der Waals surface area contributed by atoms with Crippen molar-refractivity contribution in [2.75, 3.05) is 0 Å². The maximum Gasteiger partial charge on any atom is 0.273 e. The monoisotopic (exact) mass is 535 g/mol. The molecule has 1 heterocycles. The molecule has 0 aliphatic heterocycles. The van der Waals surface area contributed by atoms with Crippen molar-refractivity contribution >= 4 is 70.6 Å². The van der Waals surface area contributed by atoms with Crippen molar-refractivity contribution in [1.29, 1.82) is 0 Å². The Hall–Kier alpha value is -2.97. The van der Waals surface area contributed by atoms with Crippen LogP contribution in [0.5, 0.6) is 0 Å². The van der Waals surface area contributed by atoms with E-state index in [1.165, 1.54) is 18.5 Å². The molecule has 0 unspecified atom stereocenters. The summed E-state index contributed by atoms with van der Waals surface area (Å²) in [6.07, 6.45) is 2.77. The number of nitrogens with zero attached hydrogens (tertiary/aromatic N) is 3. The van der Waals surface area contributed by atoms with Gasteiger partial charge in [0.15, 0.2) is 0 Å². The number of amides is 2. The minimum atomic E-state index is -0.545. The van der Waals surface area contributed by atoms with Crippen LogP contribution in [0.25, 0.3) is 0 Å². The Morgan fingerprint density at radius 1 is 0.735 bits per heavy atom. The Balaban J connectivity index is 1.73. The van der Waals surface area contributed by atoms with E-state index in [9.17, 15) is 9.59 Å². The summed E-state index contributed by atoms with van der Waals surface area (Å²) in [6, 6.07) is 11.2. The number of pyridine rings is 1. The van der Waals surface area contributed by atoms with Crippen molar-refractivity contribution in [3.8, 4) is 0 Å². The highest BCUT2D eigenvalue weighted by Crippen LogP contribution is 2.20. The molecule has 0 spiro atoms. The van der Waals surface area contributed by atoms with Gasteiger partial charge in [-0.05, 0) is 44.2 Å². The second-order valence-electron chi connectivity index (χ2n) is 6.98. The standard InChI is InChI=1S/C23H17Cl4N5O2/c1-12-18(22(33)31-28-10-14-3-5-16(24)7-20(14)26)9-19(13(2)30-12)23(34)32-29-11-15-4-6-17(25)8-21(15)27/h3-11H,1-2H3,(H,31,33)(H,32,34)/b28-10+,29-11+. The first kappa shape index (κ1) is 25.6. The average Bonchev–Trinajstić information content (AvgIpc) is 2.76. The van der Waals surface area contributed by atoms with Crippen LogP contribution in [0, 0.1) is 13.8 Å². The summed E-state index contributed by atoms with van der Waals surface area (Å²) >= 11 is 23.9. The fraction of sp³-hybridized carbons (Fsp3) is 0.0870. The summed E-state index contributed by atoms with van der Waals surface area (Å²) in [5, 5.41) is 9.58. The number of hydrazone groups is 2. The number of carbonyl (C=O) groups is 2. The Bertz CT molecular complexity index is 1230. The maximum absolute atomic E-state index is 12.6. The summed E-state index contributed by atoms with van der Waals surface area (Å²) in [5.41, 5.74) is 7.18. The highest BCUT2D eigenvalue weighted by molar-refractivity contribution is 6.36. The molecule has 0 aliphatic rings. The number of halogens is 4. The highest BCUT2D eigenvalue weighted by atomic mass is 35.5. The van der Waals surface area contributed by atoms with Gasteiger partial charge >= 0.3 is 0 Å². The third kappa shape index (κ3) is 6.55. The Kier molecular flexibility index (Phi) is 8.63. The number of carbonyl (C=O) groups excluding carboxylic acids is 2. The van der Waals surface area contributed by atoms with E-state index in [4.69, 9.17) is 46.4 Å². The zero-order chi connectivity index (χ0) is 24.8. The minimum absolute atomic E-state index is 0.180. The van der Waals surface area contributed by atoms with Crippen molar-refractivity contribution in [2.45, 2.75) is 13.8 Å². The SMILES string of the molecule is Cc1nc(C)c(C(=O)N/N=C/c2ccc(Cl)cc2Cl)cc1C(=O)N/N=C/c1ccc(Cl)cc1Cl. The zero-order valence-corrected chi connectivity index (χ0v) is 20.9. The van der Waals surface area contributed by atoms with Gasteiger partial charge < -0.3 is 0 Å². The first-order chi connectivity index (χ1) is 16.2. The number of aryl methyl sites for hydroxylation is 2. The normalized spacial score (nSPS) is 11.2. The van der Waals surface area contributed by atoms with Crippen LogP contribution in [0.2, 0.25) is 20.1 Å². The summed E-state index contributed by atoms with van der Waals surface area (Å²) in [4.78, 5) is 29.6. The van der Waals surface area contributed by atoms with Crippen molar-refractivity contribution < 1.29 is 9.59 Å². The Morgan fingerprint density at radius 3 is 1.53 bits per heavy atom. The van der Waals surface area contributed by atoms with E-state index in [2.05, 4.69) is 26.0 Å². The van der Waals surface area contributed by atoms with Crippen LogP contribution in [0.3, 0.4) is 0 Å². The number of hydrogen-bond donors (Lipinski definition) is 2. The smallest absolute Gasteiger partial charge is 0.267 e. The number of hydrogen-bond acceptors (Lipinski definition) is 5. The fourth-order valence-electron chi connectivity index (χ4n) is 2.84. The van der Waals surface area contributed by atoms with Gasteiger partial charge in [0.05, 0.1) is 45.0 Å². The van der Waals surface area contributed by atoms with Gasteiger partial charge in [-0.1, -0.05) is 58.5 Å². The molecule has 34 heavy (non-hydrogen) atoms. The summed E-state index contributed by atoms with van der Waals surface area (Å²) in [6.45, 7) is 3.31. The zero-order valence-electron chi connectivity index (χ0n) is 17.9. The molecule has 0 bridgehead atoms. The molecule has 0 aliphatic carbocycles. The van der Waals surface area contributed by atoms with E-state index in [-0.39, 0.29) is 11.1 Å². The van der Waals surface area contributed by atoms with E-state index in [0.29, 0.717) is 42.6 Å². The Labute approximate surface area is 215 Å². The van der Waals surface area contributed by atoms with E-state index in [1.807, 2.05) is 0 Å². The Morgan fingerprint density at radius 2 is 1.15 bits per heavy atom. The minimum Gasteiger partial charge on any atom is -0.267 e. The number of rotatable bonds is 6. The molecule has 2 N–H and O–H groups in total. The van der Waals surface area contributed by atoms with Gasteiger partial charge in [-0.3, -0.25) is 14.6 Å². The van der Waals surface area contributed by atoms with E-state index in [0.717, 1.165) is 0 Å². The van der Waals surface area contributed by atoms with Gasteiger partial charge in [-0.2, -0.15) is 10.2 Å². The molecule has 174 valence electrons. The predicted octanol–water partition coefficient (Wildman–Crippen LogP) is 5.84. The van der Waals surface area contributed by atoms with E-state index >= 15 is 0 Å². The van der Waals surface area contributed by atoms with Crippen molar-refractivity contribution in [2.24, 2.45) is 10.2 Å². The number of nitrogens with one attached hydrogen (secondary N) is 2. The summed E-state index contributed by atoms with van der Waals surface area (Å²) in [5.74, 6) is -1.09. The lowest BCUT2D eigenvalue weighted by Gasteiger charge is -2.09. The van der Waals surface area contributed by atoms with Gasteiger partial charge in [-0.25, -0.2) is 10.9 Å². The molecule has 0 radical (unpaired) electrons. The molecule has 0 atom stereocenters. The van der Waals surface area contributed by atoms with Crippen LogP contribution < -0.4 is 10.9 Å². The molecular weight excluding hydrogens is 520 g/mol. The lowest BCUT2D eigenvalue weighted by Crippen LogP contribution is -2.23. The van der Waals surface area contributed by atoms with E-state index in [1.54, 1.807) is 50.2 Å². The van der Waals surface area contributed by atoms with Crippen LogP contribution in [-0.2, 0) is 0 Å². The van der Waals surface area contributed by atoms with Crippen LogP contribution in [0.15, 0.2) is 52.7 Å². The van der Waals surface area contributed by atoms with Crippen LogP contribution in [-0.4, -0.2) is 29.2 Å². The number of benzene rings is 2. The first-order valence-electron chi connectivity index (χ1n) is 9.71. The average molecular weight is 537 g/mol. The third-order valence-corrected chi connectivity index (χ3v) is 5.68. The molecule has 7 nitrogen and oxygen atoms in total. The second kappa shape index (κ2) is 11.4. The van der Waals surface area contributed by atoms with Gasteiger partial charge in [0, 0.05) is 21.2 Å². The molecule has 3 rings (SSSR count). The molecule has 0 fully saturated rings. The molecule has 11 heteroatoms. The molecule has 2 aromatic carbocycles. The van der Waals surface area contributed by atoms with Crippen molar-refractivity contribution in [3.05, 3.63) is 96.2 Å². The van der Waals surface area contributed by atoms with Gasteiger partial charge in [0.2, 0.25) is 0 Å². The summed E-state index contributed by atoms with van der Waals surface area (Å²) in [7, 11) is 0. The van der Waals surface area contributed by atoms with E-state index < -0.39 is 11.8 Å². The largest absolute Gasteiger partial charge is 0.273 e. The van der Waals surface area contributed by atoms with Crippen LogP contribution in [0.1, 0.15) is 43.2 Å². The second-order valence-corrected chi connectivity index (χ2v) is 8.67. The predicted molar refractivity (Wildman–Crippen MR) is 137 cm³/mol. The van der Waals surface area contributed by atoms with Gasteiger partial charge in [-0.15, -0.1) is 0 Å². The van der Waals surface area contributed by atoms with Crippen LogP contribution >= 0.6 is 46.4 Å². The number of aromatic nitrogens is 1. The quantitative estimate of drug-likeness (QED) is 0.306. The molecule has 0 saturated carbocycles. The molecule has 2 amide bonds. The fourth-order valence-corrected chi connectivity index (χ4v) is 3.75. The van der Waals surface area contributed by atoms with Crippen molar-refractivity contribution in [3.63, 3.8) is 0 Å². The van der Waals surface area contributed by atoms with Crippen LogP contribution in [0.4, 0.5) is 0 Å². The highest BCUT2D eigenvalue weighted by Gasteiger charge is 2.17. The first-order valence-corrected chi connectivity index (χ1v) is 11.2. The molecule has 0 saturated heterocycles. The topological polar surface area (TPSA) is 95.8 Å². The van der Waals surface area contributed by atoms with Gasteiger partial charge in [0.25, 0.3) is 11.8 Å². The third-order valence-electron chi connectivity index (χ3n) is 4.56. The molecule has 3 aromatic rings. The molecule has 1 aromatic heterocycles. The maximum atomic E-state index is 12.6. The van der Waals surface area contributed by atoms with Gasteiger partial charge in [0.1, 0.15) is 0 Å². The lowest BCUT2D eigenvalue weighted by molar-refractivity contribution is 0.0954. The summed E-state index contributed by atoms with van der Waals surface area (Å²) < 4.78 is 0.